The zero-order chi connectivity index (χ0) is 10.7. The Bertz CT molecular complexity index is 334. The molecule has 1 aromatic rings. The molecule has 3 heteroatoms. The van der Waals surface area contributed by atoms with Gasteiger partial charge in [-0.25, -0.2) is 0 Å². The average molecular weight is 242 g/mol. The fourth-order valence-corrected chi connectivity index (χ4v) is 3.70. The third-order valence-electron chi connectivity index (χ3n) is 3.03. The molecule has 2 rings (SSSR count). The predicted molar refractivity (Wildman–Crippen MR) is 68.6 cm³/mol. The Morgan fingerprint density at radius 3 is 2.80 bits per heavy atom. The summed E-state index contributed by atoms with van der Waals surface area (Å²) in [6, 6.07) is 8.09. The Morgan fingerprint density at radius 2 is 2.20 bits per heavy atom. The van der Waals surface area contributed by atoms with E-state index in [9.17, 15) is 0 Å². The summed E-state index contributed by atoms with van der Waals surface area (Å²) < 4.78 is 0.241. The van der Waals surface area contributed by atoms with Crippen LogP contribution in [0.2, 0.25) is 5.02 Å². The van der Waals surface area contributed by atoms with Gasteiger partial charge >= 0.3 is 0 Å². The van der Waals surface area contributed by atoms with Gasteiger partial charge in [0.2, 0.25) is 0 Å². The van der Waals surface area contributed by atoms with Gasteiger partial charge in [0, 0.05) is 16.3 Å². The first-order valence-electron chi connectivity index (χ1n) is 5.33. The summed E-state index contributed by atoms with van der Waals surface area (Å²) in [5, 5.41) is 0.873. The maximum absolute atomic E-state index is 6.17. The molecular formula is C12H16ClNS. The summed E-state index contributed by atoms with van der Waals surface area (Å²) in [6.45, 7) is 0.753. The van der Waals surface area contributed by atoms with Crippen molar-refractivity contribution in [3.63, 3.8) is 0 Å². The Labute approximate surface area is 100 Å². The zero-order valence-electron chi connectivity index (χ0n) is 8.71. The molecule has 1 aromatic carbocycles. The summed E-state index contributed by atoms with van der Waals surface area (Å²) in [4.78, 5) is 0. The topological polar surface area (TPSA) is 26.0 Å². The molecule has 1 atom stereocenters. The average Bonchev–Trinajstić information content (AvgIpc) is 2.71. The second-order valence-corrected chi connectivity index (χ2v) is 6.08. The van der Waals surface area contributed by atoms with Crippen molar-refractivity contribution < 1.29 is 0 Å². The van der Waals surface area contributed by atoms with Crippen LogP contribution in [0.3, 0.4) is 0 Å². The molecule has 1 unspecified atom stereocenters. The number of nitrogens with two attached hydrogens (primary N) is 1. The third-order valence-corrected chi connectivity index (χ3v) is 5.02. The molecule has 1 heterocycles. The SMILES string of the molecule is NCC1(Cc2ccccc2Cl)CCCS1. The summed E-state index contributed by atoms with van der Waals surface area (Å²) in [5.41, 5.74) is 7.14. The summed E-state index contributed by atoms with van der Waals surface area (Å²) in [7, 11) is 0. The largest absolute Gasteiger partial charge is 0.329 e. The molecule has 1 aliphatic rings. The van der Waals surface area contributed by atoms with Gasteiger partial charge in [-0.1, -0.05) is 29.8 Å². The van der Waals surface area contributed by atoms with Gasteiger partial charge in [0.1, 0.15) is 0 Å². The number of benzene rings is 1. The van der Waals surface area contributed by atoms with E-state index in [4.69, 9.17) is 17.3 Å². The molecule has 0 amide bonds. The van der Waals surface area contributed by atoms with Crippen molar-refractivity contribution >= 4 is 23.4 Å². The molecule has 0 spiro atoms. The van der Waals surface area contributed by atoms with Crippen molar-refractivity contribution in [2.75, 3.05) is 12.3 Å². The highest BCUT2D eigenvalue weighted by Crippen LogP contribution is 2.40. The van der Waals surface area contributed by atoms with Crippen LogP contribution in [-0.4, -0.2) is 17.0 Å². The predicted octanol–water partition coefficient (Wildman–Crippen LogP) is 3.11. The molecule has 1 fully saturated rings. The van der Waals surface area contributed by atoms with E-state index in [-0.39, 0.29) is 4.75 Å². The van der Waals surface area contributed by atoms with Gasteiger partial charge in [-0.15, -0.1) is 0 Å². The lowest BCUT2D eigenvalue weighted by atomic mass is 9.94. The molecule has 0 aromatic heterocycles. The second kappa shape index (κ2) is 4.77. The van der Waals surface area contributed by atoms with Crippen LogP contribution in [0.5, 0.6) is 0 Å². The van der Waals surface area contributed by atoms with E-state index in [1.54, 1.807) is 0 Å². The molecule has 1 nitrogen and oxygen atoms in total. The molecule has 15 heavy (non-hydrogen) atoms. The second-order valence-electron chi connectivity index (χ2n) is 4.11. The monoisotopic (exact) mass is 241 g/mol. The van der Waals surface area contributed by atoms with E-state index in [2.05, 4.69) is 6.07 Å². The van der Waals surface area contributed by atoms with Crippen LogP contribution in [0, 0.1) is 0 Å². The van der Waals surface area contributed by atoms with Crippen molar-refractivity contribution in [2.24, 2.45) is 5.73 Å². The minimum Gasteiger partial charge on any atom is -0.329 e. The molecule has 0 saturated carbocycles. The van der Waals surface area contributed by atoms with E-state index < -0.39 is 0 Å². The van der Waals surface area contributed by atoms with Gasteiger partial charge in [0.15, 0.2) is 0 Å². The maximum Gasteiger partial charge on any atom is 0.0438 e. The normalized spacial score (nSPS) is 25.7. The highest BCUT2D eigenvalue weighted by atomic mass is 35.5. The van der Waals surface area contributed by atoms with Gasteiger partial charge in [-0.2, -0.15) is 11.8 Å². The van der Waals surface area contributed by atoms with Gasteiger partial charge in [-0.3, -0.25) is 0 Å². The first-order chi connectivity index (χ1) is 7.26. The fraction of sp³-hybridized carbons (Fsp3) is 0.500. The van der Waals surface area contributed by atoms with Crippen molar-refractivity contribution in [3.8, 4) is 0 Å². The Kier molecular flexibility index (Phi) is 3.60. The highest BCUT2D eigenvalue weighted by Gasteiger charge is 2.33. The van der Waals surface area contributed by atoms with Crippen molar-refractivity contribution in [1.82, 2.24) is 0 Å². The molecule has 0 radical (unpaired) electrons. The van der Waals surface area contributed by atoms with E-state index in [0.29, 0.717) is 0 Å². The smallest absolute Gasteiger partial charge is 0.0438 e. The fourth-order valence-electron chi connectivity index (χ4n) is 2.12. The van der Waals surface area contributed by atoms with Crippen LogP contribution in [-0.2, 0) is 6.42 Å². The summed E-state index contributed by atoms with van der Waals surface area (Å²) >= 11 is 8.18. The van der Waals surface area contributed by atoms with E-state index in [0.717, 1.165) is 18.0 Å². The minimum absolute atomic E-state index is 0.241. The third kappa shape index (κ3) is 2.49. The lowest BCUT2D eigenvalue weighted by Gasteiger charge is -2.26. The number of hydrogen-bond donors (Lipinski definition) is 1. The molecule has 0 bridgehead atoms. The van der Waals surface area contributed by atoms with Gasteiger partial charge in [0.05, 0.1) is 0 Å². The molecule has 2 N–H and O–H groups in total. The molecular weight excluding hydrogens is 226 g/mol. The zero-order valence-corrected chi connectivity index (χ0v) is 10.3. The Hall–Kier alpha value is -0.180. The first kappa shape index (κ1) is 11.3. The van der Waals surface area contributed by atoms with Crippen LogP contribution in [0.4, 0.5) is 0 Å². The van der Waals surface area contributed by atoms with Crippen LogP contribution >= 0.6 is 23.4 Å². The van der Waals surface area contributed by atoms with Crippen molar-refractivity contribution in [3.05, 3.63) is 34.9 Å². The van der Waals surface area contributed by atoms with Crippen molar-refractivity contribution in [1.29, 1.82) is 0 Å². The molecule has 1 aliphatic heterocycles. The Morgan fingerprint density at radius 1 is 1.40 bits per heavy atom. The van der Waals surface area contributed by atoms with Crippen LogP contribution in [0.25, 0.3) is 0 Å². The number of thioether (sulfide) groups is 1. The summed E-state index contributed by atoms with van der Waals surface area (Å²) in [6.07, 6.45) is 3.51. The number of hydrogen-bond acceptors (Lipinski definition) is 2. The Balaban J connectivity index is 2.16. The summed E-state index contributed by atoms with van der Waals surface area (Å²) in [5.74, 6) is 1.24. The molecule has 0 aliphatic carbocycles. The molecule has 1 saturated heterocycles. The quantitative estimate of drug-likeness (QED) is 0.880. The number of rotatable bonds is 3. The molecule has 82 valence electrons. The van der Waals surface area contributed by atoms with Crippen LogP contribution < -0.4 is 5.73 Å². The minimum atomic E-state index is 0.241. The van der Waals surface area contributed by atoms with Gasteiger partial charge in [-0.05, 0) is 36.6 Å². The van der Waals surface area contributed by atoms with E-state index in [1.165, 1.54) is 24.2 Å². The van der Waals surface area contributed by atoms with Gasteiger partial charge in [0.25, 0.3) is 0 Å². The highest BCUT2D eigenvalue weighted by molar-refractivity contribution is 8.00. The lowest BCUT2D eigenvalue weighted by Crippen LogP contribution is -2.34. The van der Waals surface area contributed by atoms with Gasteiger partial charge < -0.3 is 5.73 Å². The van der Waals surface area contributed by atoms with Crippen LogP contribution in [0.1, 0.15) is 18.4 Å². The number of halogens is 1. The van der Waals surface area contributed by atoms with E-state index in [1.807, 2.05) is 30.0 Å². The lowest BCUT2D eigenvalue weighted by molar-refractivity contribution is 0.565. The van der Waals surface area contributed by atoms with Crippen LogP contribution in [0.15, 0.2) is 24.3 Å². The van der Waals surface area contributed by atoms with Crippen molar-refractivity contribution in [2.45, 2.75) is 24.0 Å². The first-order valence-corrected chi connectivity index (χ1v) is 6.70. The maximum atomic E-state index is 6.17. The standard InChI is InChI=1S/C12H16ClNS/c13-11-5-2-1-4-10(11)8-12(9-14)6-3-7-15-12/h1-2,4-5H,3,6-9,14H2. The van der Waals surface area contributed by atoms with E-state index >= 15 is 0 Å².